The van der Waals surface area contributed by atoms with Crippen molar-refractivity contribution in [1.29, 1.82) is 0 Å². The van der Waals surface area contributed by atoms with Gasteiger partial charge in [0.2, 0.25) is 17.7 Å². The summed E-state index contributed by atoms with van der Waals surface area (Å²) >= 11 is 0. The lowest BCUT2D eigenvalue weighted by molar-refractivity contribution is -0.133. The van der Waals surface area contributed by atoms with E-state index in [1.165, 1.54) is 12.1 Å². The summed E-state index contributed by atoms with van der Waals surface area (Å²) in [5, 5.41) is 8.00. The van der Waals surface area contributed by atoms with E-state index in [0.29, 0.717) is 37.2 Å². The third kappa shape index (κ3) is 4.29. The molecule has 5 nitrogen and oxygen atoms in total. The highest BCUT2D eigenvalue weighted by atomic mass is 19.1. The Hall–Kier alpha value is -2.24. The van der Waals surface area contributed by atoms with Crippen LogP contribution in [0.15, 0.2) is 28.7 Å². The molecule has 0 aliphatic carbocycles. The molecule has 2 aromatic rings. The van der Waals surface area contributed by atoms with Crippen molar-refractivity contribution in [3.05, 3.63) is 47.4 Å². The minimum atomic E-state index is -0.249. The van der Waals surface area contributed by atoms with E-state index < -0.39 is 0 Å². The van der Waals surface area contributed by atoms with Gasteiger partial charge in [-0.05, 0) is 42.4 Å². The molecule has 3 rings (SSSR count). The summed E-state index contributed by atoms with van der Waals surface area (Å²) in [4.78, 5) is 14.7. The Morgan fingerprint density at radius 3 is 2.42 bits per heavy atom. The van der Waals surface area contributed by atoms with Crippen molar-refractivity contribution in [3.8, 4) is 0 Å². The Kier molecular flexibility index (Phi) is 5.69. The van der Waals surface area contributed by atoms with Crippen molar-refractivity contribution in [1.82, 2.24) is 15.1 Å². The summed E-state index contributed by atoms with van der Waals surface area (Å²) in [5.41, 5.74) is 1.02. The van der Waals surface area contributed by atoms with Crippen LogP contribution in [0.1, 0.15) is 62.3 Å². The molecule has 140 valence electrons. The molecule has 1 fully saturated rings. The fourth-order valence-corrected chi connectivity index (χ4v) is 3.62. The van der Waals surface area contributed by atoms with Gasteiger partial charge in [-0.25, -0.2) is 4.39 Å². The van der Waals surface area contributed by atoms with Crippen LogP contribution < -0.4 is 0 Å². The van der Waals surface area contributed by atoms with Gasteiger partial charge in [0, 0.05) is 32.4 Å². The molecule has 2 heterocycles. The van der Waals surface area contributed by atoms with Crippen LogP contribution in [0.2, 0.25) is 0 Å². The maximum absolute atomic E-state index is 13.2. The minimum absolute atomic E-state index is 0.0967. The molecule has 0 bridgehead atoms. The highest BCUT2D eigenvalue weighted by Crippen LogP contribution is 2.31. The van der Waals surface area contributed by atoms with Crippen LogP contribution in [0, 0.1) is 18.7 Å². The first-order valence-electron chi connectivity index (χ1n) is 9.27. The molecular formula is C20H26FN3O2. The predicted molar refractivity (Wildman–Crippen MR) is 96.2 cm³/mol. The Bertz CT molecular complexity index is 734. The third-order valence-electron chi connectivity index (χ3n) is 5.24. The second-order valence-corrected chi connectivity index (χ2v) is 7.42. The number of aromatic nitrogens is 2. The lowest BCUT2D eigenvalue weighted by atomic mass is 9.85. The van der Waals surface area contributed by atoms with Gasteiger partial charge in [-0.3, -0.25) is 4.79 Å². The van der Waals surface area contributed by atoms with Gasteiger partial charge < -0.3 is 9.32 Å². The van der Waals surface area contributed by atoms with Gasteiger partial charge in [0.25, 0.3) is 0 Å². The second kappa shape index (κ2) is 7.98. The number of carbonyl (C=O) groups is 1. The topological polar surface area (TPSA) is 59.2 Å². The van der Waals surface area contributed by atoms with Crippen LogP contribution in [-0.4, -0.2) is 34.1 Å². The Morgan fingerprint density at radius 2 is 1.88 bits per heavy atom. The van der Waals surface area contributed by atoms with Crippen LogP contribution >= 0.6 is 0 Å². The summed E-state index contributed by atoms with van der Waals surface area (Å²) in [6, 6.07) is 6.51. The number of carbonyl (C=O) groups excluding carboxylic acids is 1. The fourth-order valence-electron chi connectivity index (χ4n) is 3.62. The molecule has 1 aromatic heterocycles. The number of amides is 1. The summed E-state index contributed by atoms with van der Waals surface area (Å²) in [6.45, 7) is 7.41. The zero-order valence-corrected chi connectivity index (χ0v) is 15.6. The van der Waals surface area contributed by atoms with Crippen LogP contribution in [0.25, 0.3) is 0 Å². The molecule has 0 radical (unpaired) electrons. The van der Waals surface area contributed by atoms with E-state index in [9.17, 15) is 9.18 Å². The molecule has 1 unspecified atom stereocenters. The van der Waals surface area contributed by atoms with Gasteiger partial charge >= 0.3 is 0 Å². The van der Waals surface area contributed by atoms with Gasteiger partial charge in [-0.15, -0.1) is 10.2 Å². The number of nitrogens with zero attached hydrogens (tertiary/aromatic N) is 3. The Balaban J connectivity index is 1.59. The number of rotatable bonds is 5. The standard InChI is InChI=1S/C20H26FN3O2/c1-13(2)18(15-4-6-17(21)7-5-15)12-19(25)24-10-8-16(9-11-24)20-23-22-14(3)26-20/h4-7,13,16,18H,8-12H2,1-3H3. The van der Waals surface area contributed by atoms with E-state index in [1.54, 1.807) is 19.1 Å². The number of hydrogen-bond donors (Lipinski definition) is 0. The van der Waals surface area contributed by atoms with Crippen LogP contribution in [0.4, 0.5) is 4.39 Å². The van der Waals surface area contributed by atoms with Gasteiger partial charge in [-0.1, -0.05) is 26.0 Å². The highest BCUT2D eigenvalue weighted by molar-refractivity contribution is 5.77. The van der Waals surface area contributed by atoms with Crippen molar-refractivity contribution in [2.24, 2.45) is 5.92 Å². The van der Waals surface area contributed by atoms with E-state index in [1.807, 2.05) is 4.90 Å². The van der Waals surface area contributed by atoms with Gasteiger partial charge in [0.15, 0.2) is 0 Å². The average molecular weight is 359 g/mol. The molecule has 0 saturated carbocycles. The molecule has 0 spiro atoms. The van der Waals surface area contributed by atoms with Crippen LogP contribution in [0.5, 0.6) is 0 Å². The van der Waals surface area contributed by atoms with E-state index in [0.717, 1.165) is 18.4 Å². The maximum Gasteiger partial charge on any atom is 0.223 e. The van der Waals surface area contributed by atoms with Crippen LogP contribution in [-0.2, 0) is 4.79 Å². The quantitative estimate of drug-likeness (QED) is 0.808. The molecule has 1 aromatic carbocycles. The average Bonchev–Trinajstić information content (AvgIpc) is 3.07. The lowest BCUT2D eigenvalue weighted by Gasteiger charge is -2.32. The van der Waals surface area contributed by atoms with E-state index >= 15 is 0 Å². The molecule has 1 saturated heterocycles. The van der Waals surface area contributed by atoms with Gasteiger partial charge in [0.1, 0.15) is 5.82 Å². The largest absolute Gasteiger partial charge is 0.425 e. The smallest absolute Gasteiger partial charge is 0.223 e. The number of halogens is 1. The highest BCUT2D eigenvalue weighted by Gasteiger charge is 2.29. The zero-order chi connectivity index (χ0) is 18.7. The number of aryl methyl sites for hydroxylation is 1. The monoisotopic (exact) mass is 359 g/mol. The molecule has 0 N–H and O–H groups in total. The molecule has 1 aliphatic heterocycles. The molecule has 1 aliphatic rings. The van der Waals surface area contributed by atoms with Crippen LogP contribution in [0.3, 0.4) is 0 Å². The number of hydrogen-bond acceptors (Lipinski definition) is 4. The molecular weight excluding hydrogens is 333 g/mol. The normalized spacial score (nSPS) is 16.9. The first-order valence-corrected chi connectivity index (χ1v) is 9.27. The summed E-state index contributed by atoms with van der Waals surface area (Å²) in [5.74, 6) is 1.81. The van der Waals surface area contributed by atoms with Gasteiger partial charge in [0.05, 0.1) is 0 Å². The molecule has 6 heteroatoms. The summed E-state index contributed by atoms with van der Waals surface area (Å²) in [6.07, 6.45) is 2.14. The number of likely N-dealkylation sites (tertiary alicyclic amines) is 1. The van der Waals surface area contributed by atoms with E-state index in [4.69, 9.17) is 4.42 Å². The van der Waals surface area contributed by atoms with E-state index in [2.05, 4.69) is 24.0 Å². The first kappa shape index (κ1) is 18.5. The van der Waals surface area contributed by atoms with Crippen molar-refractivity contribution in [3.63, 3.8) is 0 Å². The SMILES string of the molecule is Cc1nnc(C2CCN(C(=O)CC(c3ccc(F)cc3)C(C)C)CC2)o1. The van der Waals surface area contributed by atoms with Crippen molar-refractivity contribution in [2.75, 3.05) is 13.1 Å². The van der Waals surface area contributed by atoms with Crippen molar-refractivity contribution < 1.29 is 13.6 Å². The number of benzene rings is 1. The maximum atomic E-state index is 13.2. The number of piperidine rings is 1. The molecule has 1 atom stereocenters. The second-order valence-electron chi connectivity index (χ2n) is 7.42. The fraction of sp³-hybridized carbons (Fsp3) is 0.550. The van der Waals surface area contributed by atoms with Crippen molar-refractivity contribution in [2.45, 2.75) is 51.9 Å². The third-order valence-corrected chi connectivity index (χ3v) is 5.24. The Morgan fingerprint density at radius 1 is 1.23 bits per heavy atom. The zero-order valence-electron chi connectivity index (χ0n) is 15.6. The lowest BCUT2D eigenvalue weighted by Crippen LogP contribution is -2.38. The first-order chi connectivity index (χ1) is 12.4. The predicted octanol–water partition coefficient (Wildman–Crippen LogP) is 4.05. The minimum Gasteiger partial charge on any atom is -0.425 e. The molecule has 1 amide bonds. The Labute approximate surface area is 153 Å². The van der Waals surface area contributed by atoms with Gasteiger partial charge in [-0.2, -0.15) is 0 Å². The van der Waals surface area contributed by atoms with Crippen molar-refractivity contribution >= 4 is 5.91 Å². The summed E-state index contributed by atoms with van der Waals surface area (Å²) < 4.78 is 18.7. The summed E-state index contributed by atoms with van der Waals surface area (Å²) in [7, 11) is 0. The molecule has 26 heavy (non-hydrogen) atoms. The van der Waals surface area contributed by atoms with E-state index in [-0.39, 0.29) is 23.6 Å².